The lowest BCUT2D eigenvalue weighted by molar-refractivity contribution is -0.150. The molecule has 0 aliphatic carbocycles. The minimum absolute atomic E-state index is 0.0136. The Balaban J connectivity index is 2.57. The van der Waals surface area contributed by atoms with Gasteiger partial charge in [0.15, 0.2) is 0 Å². The highest BCUT2D eigenvalue weighted by Gasteiger charge is 2.48. The summed E-state index contributed by atoms with van der Waals surface area (Å²) in [7, 11) is -2.06. The molecule has 1 rings (SSSR count). The fourth-order valence-corrected chi connectivity index (χ4v) is 2.98. The van der Waals surface area contributed by atoms with E-state index in [9.17, 15) is 23.1 Å². The van der Waals surface area contributed by atoms with Gasteiger partial charge in [0.25, 0.3) is 0 Å². The standard InChI is InChI=1S/C12H23N3O5S/c1-9(2)12(10(16)17)4-6-15(8-12)11(18)14-5-7-21(19,20)13-3/h9,13H,4-8H2,1-3H3,(H,14,18)(H,16,17). The zero-order valence-electron chi connectivity index (χ0n) is 12.5. The van der Waals surface area contributed by atoms with Crippen molar-refractivity contribution in [2.45, 2.75) is 20.3 Å². The van der Waals surface area contributed by atoms with Crippen LogP contribution < -0.4 is 10.0 Å². The summed E-state index contributed by atoms with van der Waals surface area (Å²) >= 11 is 0. The van der Waals surface area contributed by atoms with E-state index < -0.39 is 27.4 Å². The van der Waals surface area contributed by atoms with E-state index in [1.54, 1.807) is 0 Å². The Bertz CT molecular complexity index is 505. The Hall–Kier alpha value is -1.35. The minimum Gasteiger partial charge on any atom is -0.481 e. The summed E-state index contributed by atoms with van der Waals surface area (Å²) in [5.74, 6) is -1.19. The highest BCUT2D eigenvalue weighted by atomic mass is 32.2. The van der Waals surface area contributed by atoms with Crippen molar-refractivity contribution in [1.29, 1.82) is 0 Å². The molecule has 1 atom stereocenters. The maximum Gasteiger partial charge on any atom is 0.317 e. The molecule has 1 aliphatic heterocycles. The molecule has 9 heteroatoms. The number of urea groups is 1. The van der Waals surface area contributed by atoms with Crippen molar-refractivity contribution in [3.05, 3.63) is 0 Å². The zero-order valence-corrected chi connectivity index (χ0v) is 13.4. The topological polar surface area (TPSA) is 116 Å². The van der Waals surface area contributed by atoms with Crippen molar-refractivity contribution >= 4 is 22.0 Å². The lowest BCUT2D eigenvalue weighted by Gasteiger charge is -2.28. The highest BCUT2D eigenvalue weighted by molar-refractivity contribution is 7.89. The normalized spacial score (nSPS) is 22.6. The second-order valence-corrected chi connectivity index (χ2v) is 7.59. The third kappa shape index (κ3) is 4.07. The second-order valence-electron chi connectivity index (χ2n) is 5.54. The molecule has 1 heterocycles. The number of amides is 2. The SMILES string of the molecule is CNS(=O)(=O)CCNC(=O)N1CCC(C(=O)O)(C(C)C)C1. The molecule has 0 aromatic heterocycles. The zero-order chi connectivity index (χ0) is 16.3. The molecule has 21 heavy (non-hydrogen) atoms. The van der Waals surface area contributed by atoms with Gasteiger partial charge >= 0.3 is 12.0 Å². The second kappa shape index (κ2) is 6.61. The molecule has 122 valence electrons. The van der Waals surface area contributed by atoms with Gasteiger partial charge < -0.3 is 15.3 Å². The van der Waals surface area contributed by atoms with Gasteiger partial charge in [-0.2, -0.15) is 0 Å². The first kappa shape index (κ1) is 17.7. The fourth-order valence-electron chi connectivity index (χ4n) is 2.41. The van der Waals surface area contributed by atoms with E-state index in [0.717, 1.165) is 0 Å². The smallest absolute Gasteiger partial charge is 0.317 e. The van der Waals surface area contributed by atoms with Crippen LogP contribution in [0.3, 0.4) is 0 Å². The molecule has 8 nitrogen and oxygen atoms in total. The molecule has 1 aliphatic rings. The summed E-state index contributed by atoms with van der Waals surface area (Å²) in [4.78, 5) is 24.9. The van der Waals surface area contributed by atoms with E-state index in [2.05, 4.69) is 10.0 Å². The van der Waals surface area contributed by atoms with Gasteiger partial charge in [-0.15, -0.1) is 0 Å². The predicted molar refractivity (Wildman–Crippen MR) is 77.3 cm³/mol. The number of likely N-dealkylation sites (tertiary alicyclic amines) is 1. The van der Waals surface area contributed by atoms with Crippen molar-refractivity contribution in [2.24, 2.45) is 11.3 Å². The van der Waals surface area contributed by atoms with E-state index in [0.29, 0.717) is 13.0 Å². The van der Waals surface area contributed by atoms with Crippen LogP contribution in [0.5, 0.6) is 0 Å². The number of nitrogens with one attached hydrogen (secondary N) is 2. The van der Waals surface area contributed by atoms with Gasteiger partial charge in [-0.25, -0.2) is 17.9 Å². The molecule has 2 amide bonds. The fraction of sp³-hybridized carbons (Fsp3) is 0.833. The van der Waals surface area contributed by atoms with Crippen molar-refractivity contribution in [1.82, 2.24) is 14.9 Å². The van der Waals surface area contributed by atoms with E-state index >= 15 is 0 Å². The number of carbonyl (C=O) groups is 2. The molecule has 0 radical (unpaired) electrons. The van der Waals surface area contributed by atoms with Crippen LogP contribution in [0.25, 0.3) is 0 Å². The van der Waals surface area contributed by atoms with Crippen LogP contribution in [0.2, 0.25) is 0 Å². The lowest BCUT2D eigenvalue weighted by Crippen LogP contribution is -2.45. The van der Waals surface area contributed by atoms with Crippen molar-refractivity contribution in [2.75, 3.05) is 32.4 Å². The van der Waals surface area contributed by atoms with Gasteiger partial charge in [0.2, 0.25) is 10.0 Å². The third-order valence-corrected chi connectivity index (χ3v) is 5.44. The summed E-state index contributed by atoms with van der Waals surface area (Å²) in [6, 6.07) is -0.426. The molecule has 3 N–H and O–H groups in total. The van der Waals surface area contributed by atoms with Gasteiger partial charge in [0.05, 0.1) is 11.2 Å². The van der Waals surface area contributed by atoms with Crippen LogP contribution in [-0.2, 0) is 14.8 Å². The molecular weight excluding hydrogens is 298 g/mol. The predicted octanol–water partition coefficient (Wildman–Crippen LogP) is -0.322. The molecule has 1 unspecified atom stereocenters. The lowest BCUT2D eigenvalue weighted by atomic mass is 9.76. The summed E-state index contributed by atoms with van der Waals surface area (Å²) in [5.41, 5.74) is -0.922. The molecule has 1 fully saturated rings. The van der Waals surface area contributed by atoms with Crippen molar-refractivity contribution in [3.63, 3.8) is 0 Å². The summed E-state index contributed by atoms with van der Waals surface area (Å²) < 4.78 is 24.6. The van der Waals surface area contributed by atoms with Crippen LogP contribution in [0.15, 0.2) is 0 Å². The highest BCUT2D eigenvalue weighted by Crippen LogP contribution is 2.38. The minimum atomic E-state index is -3.37. The van der Waals surface area contributed by atoms with Crippen molar-refractivity contribution < 1.29 is 23.1 Å². The Kier molecular flexibility index (Phi) is 5.57. The van der Waals surface area contributed by atoms with Crippen molar-refractivity contribution in [3.8, 4) is 0 Å². The number of nitrogens with zero attached hydrogens (tertiary/aromatic N) is 1. The first-order chi connectivity index (χ1) is 9.64. The maximum atomic E-state index is 12.0. The quantitative estimate of drug-likeness (QED) is 0.620. The molecular formula is C12H23N3O5S. The number of rotatable bonds is 6. The van der Waals surface area contributed by atoms with E-state index in [1.807, 2.05) is 13.8 Å². The van der Waals surface area contributed by atoms with Gasteiger partial charge in [0.1, 0.15) is 0 Å². The molecule has 0 saturated carbocycles. The van der Waals surface area contributed by atoms with Crippen LogP contribution >= 0.6 is 0 Å². The third-order valence-electron chi connectivity index (χ3n) is 4.08. The Labute approximate surface area is 124 Å². The number of carboxylic acids is 1. The van der Waals surface area contributed by atoms with E-state index in [1.165, 1.54) is 11.9 Å². The Morgan fingerprint density at radius 1 is 1.38 bits per heavy atom. The van der Waals surface area contributed by atoms with Crippen LogP contribution in [-0.4, -0.2) is 62.9 Å². The molecule has 0 aromatic rings. The van der Waals surface area contributed by atoms with Gasteiger partial charge in [-0.1, -0.05) is 13.8 Å². The van der Waals surface area contributed by atoms with Crippen LogP contribution in [0.4, 0.5) is 4.79 Å². The van der Waals surface area contributed by atoms with Crippen LogP contribution in [0, 0.1) is 11.3 Å². The van der Waals surface area contributed by atoms with Gasteiger partial charge in [0, 0.05) is 19.6 Å². The Morgan fingerprint density at radius 2 is 2.00 bits per heavy atom. The van der Waals surface area contributed by atoms with E-state index in [4.69, 9.17) is 0 Å². The average Bonchev–Trinajstić information content (AvgIpc) is 2.85. The van der Waals surface area contributed by atoms with Gasteiger partial charge in [-0.3, -0.25) is 4.79 Å². The monoisotopic (exact) mass is 321 g/mol. The number of carbonyl (C=O) groups excluding carboxylic acids is 1. The number of hydrogen-bond donors (Lipinski definition) is 3. The summed E-state index contributed by atoms with van der Waals surface area (Å²) in [5, 5.41) is 11.9. The number of aliphatic carboxylic acids is 1. The number of carboxylic acid groups (broad SMARTS) is 1. The maximum absolute atomic E-state index is 12.0. The first-order valence-corrected chi connectivity index (χ1v) is 8.47. The van der Waals surface area contributed by atoms with Gasteiger partial charge in [-0.05, 0) is 19.4 Å². The molecule has 0 bridgehead atoms. The van der Waals surface area contributed by atoms with Crippen LogP contribution in [0.1, 0.15) is 20.3 Å². The molecule has 1 saturated heterocycles. The summed E-state index contributed by atoms with van der Waals surface area (Å²) in [6.07, 6.45) is 0.405. The first-order valence-electron chi connectivity index (χ1n) is 6.82. The molecule has 0 aromatic carbocycles. The summed E-state index contributed by atoms with van der Waals surface area (Å²) in [6.45, 7) is 4.14. The number of sulfonamides is 1. The molecule has 0 spiro atoms. The Morgan fingerprint density at radius 3 is 2.43 bits per heavy atom. The average molecular weight is 321 g/mol. The number of hydrogen-bond acceptors (Lipinski definition) is 4. The largest absolute Gasteiger partial charge is 0.481 e. The van der Waals surface area contributed by atoms with E-state index in [-0.39, 0.29) is 24.8 Å².